The predicted molar refractivity (Wildman–Crippen MR) is 131 cm³/mol. The minimum absolute atomic E-state index is 0. The van der Waals surface area contributed by atoms with Gasteiger partial charge in [-0.25, -0.2) is 0 Å². The van der Waals surface area contributed by atoms with E-state index < -0.39 is 11.9 Å². The molecule has 0 unspecified atom stereocenters. The molecule has 0 aliphatic heterocycles. The van der Waals surface area contributed by atoms with E-state index in [2.05, 4.69) is 23.8 Å². The molecular weight excluding hydrogens is 519 g/mol. The van der Waals surface area contributed by atoms with Crippen molar-refractivity contribution in [1.82, 2.24) is 19.6 Å². The van der Waals surface area contributed by atoms with Crippen LogP contribution in [0.4, 0.5) is 0 Å². The Morgan fingerprint density at radius 1 is 0.606 bits per heavy atom. The number of rotatable bonds is 6. The topological polar surface area (TPSA) is 118 Å². The summed E-state index contributed by atoms with van der Waals surface area (Å²) in [6.07, 6.45) is 4.76. The van der Waals surface area contributed by atoms with Crippen LogP contribution in [0.5, 0.6) is 0 Å². The van der Waals surface area contributed by atoms with Gasteiger partial charge in [0.2, 0.25) is 0 Å². The number of carbonyl (C=O) groups excluding carboxylic acids is 2. The number of unbranched alkanes of at least 4 members (excludes halogenated alkanes) is 2. The molecule has 0 saturated heterocycles. The molecule has 0 heterocycles. The summed E-state index contributed by atoms with van der Waals surface area (Å²) in [5.74, 6) is -0.0769. The summed E-state index contributed by atoms with van der Waals surface area (Å²) in [6.45, 7) is 8.17. The molecule has 0 aromatic heterocycles. The zero-order valence-corrected chi connectivity index (χ0v) is 24.4. The maximum Gasteiger partial charge on any atom is 2.00 e. The van der Waals surface area contributed by atoms with Crippen LogP contribution in [0.25, 0.3) is 0 Å². The van der Waals surface area contributed by atoms with Crippen molar-refractivity contribution >= 4 is 23.9 Å². The summed E-state index contributed by atoms with van der Waals surface area (Å²) in [4.78, 5) is 34.9. The SMILES string of the molecule is CC(=O)[O-].CC(=O)[O-].CCCCN=C(N(C)C)N(C)C.CCCCN=C(N(C)C)N(C)C.[Pd+2]. The first-order valence-corrected chi connectivity index (χ1v) is 10.8. The van der Waals surface area contributed by atoms with Crippen molar-refractivity contribution in [2.75, 3.05) is 69.5 Å². The fourth-order valence-corrected chi connectivity index (χ4v) is 2.04. The Hall–Kier alpha value is -1.86. The van der Waals surface area contributed by atoms with Gasteiger partial charge in [0, 0.05) is 81.4 Å². The van der Waals surface area contributed by atoms with Gasteiger partial charge in [-0.1, -0.05) is 26.7 Å². The second-order valence-corrected chi connectivity index (χ2v) is 7.63. The van der Waals surface area contributed by atoms with E-state index in [0.717, 1.165) is 38.9 Å². The quantitative estimate of drug-likeness (QED) is 0.191. The average Bonchev–Trinajstić information content (AvgIpc) is 2.60. The number of carbonyl (C=O) groups is 2. The minimum atomic E-state index is -1.08. The number of carboxylic acids is 2. The zero-order valence-electron chi connectivity index (χ0n) is 22.9. The minimum Gasteiger partial charge on any atom is -0.550 e. The molecule has 0 N–H and O–H groups in total. The van der Waals surface area contributed by atoms with Gasteiger partial charge in [0.05, 0.1) is 0 Å². The van der Waals surface area contributed by atoms with E-state index in [9.17, 15) is 0 Å². The summed E-state index contributed by atoms with van der Waals surface area (Å²) in [5, 5.41) is 17.8. The van der Waals surface area contributed by atoms with Gasteiger partial charge < -0.3 is 39.4 Å². The molecule has 0 atom stereocenters. The van der Waals surface area contributed by atoms with Crippen molar-refractivity contribution in [3.05, 3.63) is 0 Å². The van der Waals surface area contributed by atoms with Crippen molar-refractivity contribution in [3.63, 3.8) is 0 Å². The summed E-state index contributed by atoms with van der Waals surface area (Å²) in [5.41, 5.74) is 0. The third kappa shape index (κ3) is 41.0. The van der Waals surface area contributed by atoms with Gasteiger partial charge in [0.15, 0.2) is 11.9 Å². The van der Waals surface area contributed by atoms with Gasteiger partial charge in [-0.05, 0) is 26.7 Å². The standard InChI is InChI=1S/2C9H21N3.2C2H4O2.Pd/c2*1-6-7-8-10-9(11(2)3)12(4)5;2*1-2(3)4;/h2*6-8H2,1-5H3;2*1H3,(H,3,4);/q;;;;+2/p-2. The van der Waals surface area contributed by atoms with Crippen LogP contribution in [0.2, 0.25) is 0 Å². The molecule has 0 fully saturated rings. The zero-order chi connectivity index (χ0) is 26.3. The summed E-state index contributed by atoms with van der Waals surface area (Å²) in [6, 6.07) is 0. The molecule has 0 aromatic rings. The van der Waals surface area contributed by atoms with E-state index in [1.54, 1.807) is 0 Å². The van der Waals surface area contributed by atoms with Gasteiger partial charge in [-0.15, -0.1) is 0 Å². The predicted octanol–water partition coefficient (Wildman–Crippen LogP) is 0.0413. The maximum absolute atomic E-state index is 8.89. The molecule has 0 amide bonds. The molecule has 33 heavy (non-hydrogen) atoms. The van der Waals surface area contributed by atoms with E-state index >= 15 is 0 Å². The molecule has 0 spiro atoms. The van der Waals surface area contributed by atoms with Crippen LogP contribution >= 0.6 is 0 Å². The normalized spacial score (nSPS) is 8.36. The number of carboxylic acid groups (broad SMARTS) is 2. The first-order valence-electron chi connectivity index (χ1n) is 10.8. The van der Waals surface area contributed by atoms with Gasteiger partial charge in [0.1, 0.15) is 0 Å². The molecule has 0 bridgehead atoms. The maximum atomic E-state index is 8.89. The van der Waals surface area contributed by atoms with Gasteiger partial charge in [-0.3, -0.25) is 9.98 Å². The number of guanidine groups is 2. The molecule has 0 saturated carbocycles. The third-order valence-corrected chi connectivity index (χ3v) is 3.13. The van der Waals surface area contributed by atoms with Crippen molar-refractivity contribution in [2.24, 2.45) is 9.98 Å². The van der Waals surface area contributed by atoms with Crippen LogP contribution in [0.1, 0.15) is 53.4 Å². The van der Waals surface area contributed by atoms with Crippen LogP contribution in [-0.4, -0.2) is 113 Å². The smallest absolute Gasteiger partial charge is 0.550 e. The van der Waals surface area contributed by atoms with Crippen molar-refractivity contribution in [3.8, 4) is 0 Å². The molecule has 11 heteroatoms. The fraction of sp³-hybridized carbons (Fsp3) is 0.818. The Labute approximate surface area is 216 Å². The fourth-order valence-electron chi connectivity index (χ4n) is 2.04. The first-order chi connectivity index (χ1) is 14.6. The van der Waals surface area contributed by atoms with E-state index in [0.29, 0.717) is 0 Å². The van der Waals surface area contributed by atoms with Crippen LogP contribution in [0.3, 0.4) is 0 Å². The number of hydrogen-bond donors (Lipinski definition) is 0. The molecule has 0 aromatic carbocycles. The number of nitrogens with zero attached hydrogens (tertiary/aromatic N) is 6. The molecule has 200 valence electrons. The summed E-state index contributed by atoms with van der Waals surface area (Å²) < 4.78 is 0. The molecular formula is C22H48N6O4Pd. The number of aliphatic imine (C=N–C) groups is 2. The Balaban J connectivity index is -0.000000117. The molecule has 0 radical (unpaired) electrons. The monoisotopic (exact) mass is 566 g/mol. The van der Waals surface area contributed by atoms with Crippen molar-refractivity contribution in [1.29, 1.82) is 0 Å². The number of hydrogen-bond acceptors (Lipinski definition) is 6. The van der Waals surface area contributed by atoms with E-state index in [4.69, 9.17) is 19.8 Å². The molecule has 0 rings (SSSR count). The Morgan fingerprint density at radius 2 is 0.788 bits per heavy atom. The Kier molecular flexibility index (Phi) is 35.3. The van der Waals surface area contributed by atoms with Crippen LogP contribution in [0, 0.1) is 0 Å². The largest absolute Gasteiger partial charge is 2.00 e. The molecule has 10 nitrogen and oxygen atoms in total. The average molecular weight is 567 g/mol. The van der Waals surface area contributed by atoms with E-state index in [1.807, 2.05) is 76.0 Å². The Morgan fingerprint density at radius 3 is 0.909 bits per heavy atom. The van der Waals surface area contributed by atoms with Crippen LogP contribution < -0.4 is 10.2 Å². The first kappa shape index (κ1) is 41.4. The van der Waals surface area contributed by atoms with E-state index in [1.165, 1.54) is 25.7 Å². The second kappa shape index (κ2) is 28.2. The van der Waals surface area contributed by atoms with Crippen molar-refractivity contribution in [2.45, 2.75) is 53.4 Å². The summed E-state index contributed by atoms with van der Waals surface area (Å²) >= 11 is 0. The summed E-state index contributed by atoms with van der Waals surface area (Å²) in [7, 11) is 16.1. The van der Waals surface area contributed by atoms with E-state index in [-0.39, 0.29) is 20.4 Å². The van der Waals surface area contributed by atoms with Crippen LogP contribution in [0.15, 0.2) is 9.98 Å². The van der Waals surface area contributed by atoms with Gasteiger partial charge in [0.25, 0.3) is 0 Å². The number of aliphatic carboxylic acids is 2. The van der Waals surface area contributed by atoms with Gasteiger partial charge in [-0.2, -0.15) is 0 Å². The van der Waals surface area contributed by atoms with Crippen molar-refractivity contribution < 1.29 is 40.2 Å². The third-order valence-electron chi connectivity index (χ3n) is 3.13. The second-order valence-electron chi connectivity index (χ2n) is 7.63. The molecule has 0 aliphatic rings. The van der Waals surface area contributed by atoms with Crippen LogP contribution in [-0.2, 0) is 30.0 Å². The Bertz CT molecular complexity index is 451. The molecule has 0 aliphatic carbocycles. The van der Waals surface area contributed by atoms with Gasteiger partial charge >= 0.3 is 20.4 Å².